The average molecular weight is 334 g/mol. The third-order valence-corrected chi connectivity index (χ3v) is 3.35. The van der Waals surface area contributed by atoms with E-state index in [1.165, 1.54) is 0 Å². The molecule has 1 amide bonds. The lowest BCUT2D eigenvalue weighted by atomic mass is 10.00. The molecule has 0 fully saturated rings. The number of carbonyl (C=O) groups is 1. The third kappa shape index (κ3) is 4.93. The number of rotatable bonds is 3. The van der Waals surface area contributed by atoms with Crippen LogP contribution in [0.4, 0.5) is 4.79 Å². The second-order valence-electron chi connectivity index (χ2n) is 6.16. The van der Waals surface area contributed by atoms with Gasteiger partial charge < -0.3 is 10.1 Å². The number of nitrogens with one attached hydrogen (secondary N) is 1. The topological polar surface area (TPSA) is 64.1 Å². The predicted octanol–water partition coefficient (Wildman–Crippen LogP) is 4.13. The summed E-state index contributed by atoms with van der Waals surface area (Å²) in [6.45, 7) is 7.86. The summed E-state index contributed by atoms with van der Waals surface area (Å²) in [7, 11) is 0. The lowest BCUT2D eigenvalue weighted by molar-refractivity contribution is 0.0523. The highest BCUT2D eigenvalue weighted by atomic mass is 35.5. The molecular formula is C17H20ClN3O2. The van der Waals surface area contributed by atoms with E-state index in [4.69, 9.17) is 16.3 Å². The smallest absolute Gasteiger partial charge is 0.407 e. The molecule has 0 bridgehead atoms. The molecule has 0 aliphatic rings. The number of nitrogens with zero attached hydrogens (tertiary/aromatic N) is 2. The lowest BCUT2D eigenvalue weighted by Gasteiger charge is -2.20. The lowest BCUT2D eigenvalue weighted by Crippen LogP contribution is -2.32. The molecule has 0 atom stereocenters. The van der Waals surface area contributed by atoms with Crippen LogP contribution in [-0.4, -0.2) is 21.7 Å². The van der Waals surface area contributed by atoms with Crippen molar-refractivity contribution in [2.45, 2.75) is 39.8 Å². The van der Waals surface area contributed by atoms with Crippen LogP contribution in [0, 0.1) is 6.92 Å². The SMILES string of the molecule is Cc1c(CNC(=O)OC(C)(C)C)cccc1-c1ccnc(Cl)n1. The summed E-state index contributed by atoms with van der Waals surface area (Å²) >= 11 is 5.86. The Balaban J connectivity index is 2.16. The van der Waals surface area contributed by atoms with Gasteiger partial charge in [0.15, 0.2) is 0 Å². The summed E-state index contributed by atoms with van der Waals surface area (Å²) < 4.78 is 5.24. The van der Waals surface area contributed by atoms with Gasteiger partial charge in [-0.15, -0.1) is 0 Å². The van der Waals surface area contributed by atoms with E-state index in [9.17, 15) is 4.79 Å². The number of aromatic nitrogens is 2. The first-order chi connectivity index (χ1) is 10.8. The highest BCUT2D eigenvalue weighted by Gasteiger charge is 2.16. The summed E-state index contributed by atoms with van der Waals surface area (Å²) in [5.41, 5.74) is 3.21. The van der Waals surface area contributed by atoms with Gasteiger partial charge in [-0.3, -0.25) is 0 Å². The molecule has 0 aliphatic carbocycles. The van der Waals surface area contributed by atoms with Gasteiger partial charge in [0, 0.05) is 18.3 Å². The van der Waals surface area contributed by atoms with E-state index in [0.29, 0.717) is 6.54 Å². The Morgan fingerprint density at radius 1 is 1.30 bits per heavy atom. The van der Waals surface area contributed by atoms with E-state index >= 15 is 0 Å². The Morgan fingerprint density at radius 3 is 2.70 bits per heavy atom. The van der Waals surface area contributed by atoms with Crippen molar-refractivity contribution in [1.29, 1.82) is 0 Å². The van der Waals surface area contributed by atoms with Crippen LogP contribution in [0.3, 0.4) is 0 Å². The fourth-order valence-corrected chi connectivity index (χ4v) is 2.27. The van der Waals surface area contributed by atoms with E-state index in [0.717, 1.165) is 22.4 Å². The van der Waals surface area contributed by atoms with Crippen molar-refractivity contribution in [3.63, 3.8) is 0 Å². The molecule has 2 rings (SSSR count). The van der Waals surface area contributed by atoms with Crippen molar-refractivity contribution in [3.05, 3.63) is 46.9 Å². The first kappa shape index (κ1) is 17.2. The highest BCUT2D eigenvalue weighted by Crippen LogP contribution is 2.24. The first-order valence-electron chi connectivity index (χ1n) is 7.30. The van der Waals surface area contributed by atoms with Gasteiger partial charge in [-0.05, 0) is 56.5 Å². The van der Waals surface area contributed by atoms with Gasteiger partial charge in [-0.2, -0.15) is 0 Å². The second kappa shape index (κ2) is 6.96. The number of hydrogen-bond donors (Lipinski definition) is 1. The monoisotopic (exact) mass is 333 g/mol. The molecule has 1 aromatic heterocycles. The molecule has 1 heterocycles. The molecule has 23 heavy (non-hydrogen) atoms. The van der Waals surface area contributed by atoms with E-state index in [1.807, 2.05) is 45.9 Å². The quantitative estimate of drug-likeness (QED) is 0.858. The van der Waals surface area contributed by atoms with Crippen LogP contribution >= 0.6 is 11.6 Å². The Morgan fingerprint density at radius 2 is 2.04 bits per heavy atom. The van der Waals surface area contributed by atoms with Gasteiger partial charge in [0.2, 0.25) is 5.28 Å². The number of alkyl carbamates (subject to hydrolysis) is 1. The van der Waals surface area contributed by atoms with Gasteiger partial charge in [0.05, 0.1) is 5.69 Å². The molecule has 122 valence electrons. The number of hydrogen-bond acceptors (Lipinski definition) is 4. The molecule has 0 saturated carbocycles. The molecule has 1 N–H and O–H groups in total. The third-order valence-electron chi connectivity index (χ3n) is 3.17. The minimum absolute atomic E-state index is 0.208. The van der Waals surface area contributed by atoms with Crippen LogP contribution in [0.1, 0.15) is 31.9 Å². The van der Waals surface area contributed by atoms with Gasteiger partial charge >= 0.3 is 6.09 Å². The van der Waals surface area contributed by atoms with Gasteiger partial charge in [0.1, 0.15) is 5.60 Å². The van der Waals surface area contributed by atoms with Crippen LogP contribution < -0.4 is 5.32 Å². The van der Waals surface area contributed by atoms with E-state index in [2.05, 4.69) is 15.3 Å². The molecule has 0 saturated heterocycles. The zero-order valence-electron chi connectivity index (χ0n) is 13.7. The summed E-state index contributed by atoms with van der Waals surface area (Å²) in [6.07, 6.45) is 1.18. The largest absolute Gasteiger partial charge is 0.444 e. The minimum atomic E-state index is -0.515. The maximum absolute atomic E-state index is 11.8. The number of halogens is 1. The van der Waals surface area contributed by atoms with Gasteiger partial charge in [-0.25, -0.2) is 14.8 Å². The molecule has 0 spiro atoms. The summed E-state index contributed by atoms with van der Waals surface area (Å²) in [5, 5.41) is 2.97. The maximum Gasteiger partial charge on any atom is 0.407 e. The van der Waals surface area contributed by atoms with Crippen LogP contribution in [0.2, 0.25) is 5.28 Å². The van der Waals surface area contributed by atoms with Crippen molar-refractivity contribution in [1.82, 2.24) is 15.3 Å². The minimum Gasteiger partial charge on any atom is -0.444 e. The highest BCUT2D eigenvalue weighted by molar-refractivity contribution is 6.28. The fraction of sp³-hybridized carbons (Fsp3) is 0.353. The molecule has 0 radical (unpaired) electrons. The zero-order chi connectivity index (χ0) is 17.0. The van der Waals surface area contributed by atoms with Crippen molar-refractivity contribution in [2.75, 3.05) is 0 Å². The normalized spacial score (nSPS) is 11.2. The summed E-state index contributed by atoms with van der Waals surface area (Å²) in [6, 6.07) is 7.65. The first-order valence-corrected chi connectivity index (χ1v) is 7.68. The molecule has 6 heteroatoms. The average Bonchev–Trinajstić information content (AvgIpc) is 2.44. The number of amides is 1. The summed E-state index contributed by atoms with van der Waals surface area (Å²) in [4.78, 5) is 19.9. The number of ether oxygens (including phenoxy) is 1. The molecule has 0 unspecified atom stereocenters. The van der Waals surface area contributed by atoms with Crippen LogP contribution in [0.5, 0.6) is 0 Å². The molecular weight excluding hydrogens is 314 g/mol. The Labute approximate surface area is 141 Å². The van der Waals surface area contributed by atoms with E-state index in [1.54, 1.807) is 12.3 Å². The van der Waals surface area contributed by atoms with E-state index in [-0.39, 0.29) is 5.28 Å². The predicted molar refractivity (Wildman–Crippen MR) is 90.3 cm³/mol. The van der Waals surface area contributed by atoms with Crippen molar-refractivity contribution >= 4 is 17.7 Å². The number of carbonyl (C=O) groups excluding carboxylic acids is 1. The second-order valence-corrected chi connectivity index (χ2v) is 6.49. The van der Waals surface area contributed by atoms with Crippen molar-refractivity contribution < 1.29 is 9.53 Å². The summed E-state index contributed by atoms with van der Waals surface area (Å²) in [5.74, 6) is 0. The molecule has 5 nitrogen and oxygen atoms in total. The standard InChI is InChI=1S/C17H20ClN3O2/c1-11-12(10-20-16(22)23-17(2,3)4)6-5-7-13(11)14-8-9-19-15(18)21-14/h5-9H,10H2,1-4H3,(H,20,22). The van der Waals surface area contributed by atoms with Gasteiger partial charge in [0.25, 0.3) is 0 Å². The zero-order valence-corrected chi connectivity index (χ0v) is 14.4. The Kier molecular flexibility index (Phi) is 5.21. The fourth-order valence-electron chi connectivity index (χ4n) is 2.12. The Hall–Kier alpha value is -2.14. The van der Waals surface area contributed by atoms with E-state index < -0.39 is 11.7 Å². The van der Waals surface area contributed by atoms with Crippen molar-refractivity contribution in [2.24, 2.45) is 0 Å². The number of benzene rings is 1. The van der Waals surface area contributed by atoms with Crippen LogP contribution in [0.25, 0.3) is 11.3 Å². The van der Waals surface area contributed by atoms with Crippen LogP contribution in [0.15, 0.2) is 30.5 Å². The maximum atomic E-state index is 11.8. The molecule has 2 aromatic rings. The van der Waals surface area contributed by atoms with Gasteiger partial charge in [-0.1, -0.05) is 18.2 Å². The Bertz CT molecular complexity index is 711. The molecule has 1 aromatic carbocycles. The van der Waals surface area contributed by atoms with Crippen LogP contribution in [-0.2, 0) is 11.3 Å². The molecule has 0 aliphatic heterocycles. The van der Waals surface area contributed by atoms with Crippen molar-refractivity contribution in [3.8, 4) is 11.3 Å².